The minimum Gasteiger partial charge on any atom is -0.490 e. The van der Waals surface area contributed by atoms with Gasteiger partial charge >= 0.3 is 0 Å². The number of ether oxygens (including phenoxy) is 2. The molecule has 0 heterocycles. The van der Waals surface area contributed by atoms with Gasteiger partial charge in [-0.2, -0.15) is 8.78 Å². The van der Waals surface area contributed by atoms with E-state index in [1.807, 2.05) is 20.8 Å². The molecule has 0 spiro atoms. The Bertz CT molecular complexity index is 438. The molecule has 0 bridgehead atoms. The van der Waals surface area contributed by atoms with E-state index in [0.29, 0.717) is 6.61 Å². The lowest BCUT2D eigenvalue weighted by atomic mass is 10.3. The van der Waals surface area contributed by atoms with Crippen LogP contribution in [-0.4, -0.2) is 13.2 Å². The second-order valence-electron chi connectivity index (χ2n) is 4.48. The van der Waals surface area contributed by atoms with E-state index < -0.39 is 11.6 Å². The fourth-order valence-electron chi connectivity index (χ4n) is 1.36. The lowest BCUT2D eigenvalue weighted by molar-refractivity contribution is 0.280. The minimum atomic E-state index is -1.00. The Hall–Kier alpha value is -1.58. The normalized spacial score (nSPS) is 10.2. The van der Waals surface area contributed by atoms with Gasteiger partial charge in [-0.25, -0.2) is 0 Å². The SMILES string of the molecule is CCCCOc1ccc(OCC=C(C)C)c(F)c1F. The van der Waals surface area contributed by atoms with E-state index in [2.05, 4.69) is 0 Å². The molecule has 19 heavy (non-hydrogen) atoms. The highest BCUT2D eigenvalue weighted by Crippen LogP contribution is 2.27. The molecule has 0 saturated carbocycles. The summed E-state index contributed by atoms with van der Waals surface area (Å²) in [6, 6.07) is 2.78. The van der Waals surface area contributed by atoms with Crippen molar-refractivity contribution >= 4 is 0 Å². The van der Waals surface area contributed by atoms with Crippen LogP contribution in [0.2, 0.25) is 0 Å². The smallest absolute Gasteiger partial charge is 0.204 e. The van der Waals surface area contributed by atoms with E-state index in [9.17, 15) is 8.78 Å². The quantitative estimate of drug-likeness (QED) is 0.537. The van der Waals surface area contributed by atoms with Crippen LogP contribution in [0.25, 0.3) is 0 Å². The summed E-state index contributed by atoms with van der Waals surface area (Å²) in [6.45, 7) is 6.41. The van der Waals surface area contributed by atoms with Crippen molar-refractivity contribution < 1.29 is 18.3 Å². The van der Waals surface area contributed by atoms with Gasteiger partial charge in [0.25, 0.3) is 0 Å². The summed E-state index contributed by atoms with van der Waals surface area (Å²) in [4.78, 5) is 0. The molecule has 2 nitrogen and oxygen atoms in total. The fourth-order valence-corrected chi connectivity index (χ4v) is 1.36. The third-order valence-corrected chi connectivity index (χ3v) is 2.50. The summed E-state index contributed by atoms with van der Waals surface area (Å²) in [5.74, 6) is -2.17. The third kappa shape index (κ3) is 4.89. The van der Waals surface area contributed by atoms with Crippen LogP contribution in [0, 0.1) is 11.6 Å². The summed E-state index contributed by atoms with van der Waals surface area (Å²) in [6.07, 6.45) is 3.54. The Morgan fingerprint density at radius 2 is 1.68 bits per heavy atom. The molecular weight excluding hydrogens is 250 g/mol. The van der Waals surface area contributed by atoms with E-state index >= 15 is 0 Å². The molecule has 0 aliphatic rings. The number of allylic oxidation sites excluding steroid dienone is 1. The zero-order valence-corrected chi connectivity index (χ0v) is 11.6. The van der Waals surface area contributed by atoms with Crippen molar-refractivity contribution in [1.29, 1.82) is 0 Å². The van der Waals surface area contributed by atoms with Crippen LogP contribution in [0.1, 0.15) is 33.6 Å². The number of rotatable bonds is 7. The van der Waals surface area contributed by atoms with Gasteiger partial charge in [0.1, 0.15) is 6.61 Å². The van der Waals surface area contributed by atoms with Crippen LogP contribution in [0.15, 0.2) is 23.8 Å². The molecule has 0 aliphatic carbocycles. The van der Waals surface area contributed by atoms with Gasteiger partial charge in [-0.1, -0.05) is 18.9 Å². The highest BCUT2D eigenvalue weighted by Gasteiger charge is 2.15. The second-order valence-corrected chi connectivity index (χ2v) is 4.48. The molecule has 0 N–H and O–H groups in total. The van der Waals surface area contributed by atoms with Crippen LogP contribution in [0.4, 0.5) is 8.78 Å². The first kappa shape index (κ1) is 15.5. The summed E-state index contributed by atoms with van der Waals surface area (Å²) in [5.41, 5.74) is 1.06. The van der Waals surface area contributed by atoms with Gasteiger partial charge in [0.2, 0.25) is 11.6 Å². The molecule has 0 unspecified atom stereocenters. The zero-order chi connectivity index (χ0) is 14.3. The van der Waals surface area contributed by atoms with Crippen molar-refractivity contribution in [2.75, 3.05) is 13.2 Å². The highest BCUT2D eigenvalue weighted by molar-refractivity contribution is 5.35. The Kier molecular flexibility index (Phi) is 6.33. The fraction of sp³-hybridized carbons (Fsp3) is 0.467. The summed E-state index contributed by atoms with van der Waals surface area (Å²) in [5, 5.41) is 0. The van der Waals surface area contributed by atoms with Crippen molar-refractivity contribution in [2.45, 2.75) is 33.6 Å². The van der Waals surface area contributed by atoms with E-state index in [4.69, 9.17) is 9.47 Å². The van der Waals surface area contributed by atoms with Crippen molar-refractivity contribution in [3.05, 3.63) is 35.4 Å². The molecule has 0 radical (unpaired) electrons. The lowest BCUT2D eigenvalue weighted by Gasteiger charge is -2.10. The van der Waals surface area contributed by atoms with Gasteiger partial charge in [0, 0.05) is 0 Å². The van der Waals surface area contributed by atoms with Crippen molar-refractivity contribution in [2.24, 2.45) is 0 Å². The van der Waals surface area contributed by atoms with Crippen LogP contribution in [0.3, 0.4) is 0 Å². The Labute approximate surface area is 113 Å². The highest BCUT2D eigenvalue weighted by atomic mass is 19.2. The average Bonchev–Trinajstić information content (AvgIpc) is 2.37. The van der Waals surface area contributed by atoms with Gasteiger partial charge in [0.05, 0.1) is 6.61 Å². The van der Waals surface area contributed by atoms with Gasteiger partial charge in [-0.15, -0.1) is 0 Å². The zero-order valence-electron chi connectivity index (χ0n) is 11.6. The molecule has 0 fully saturated rings. The maximum atomic E-state index is 13.7. The number of unbranched alkanes of at least 4 members (excludes halogenated alkanes) is 1. The van der Waals surface area contributed by atoms with Crippen molar-refractivity contribution in [3.8, 4) is 11.5 Å². The monoisotopic (exact) mass is 270 g/mol. The van der Waals surface area contributed by atoms with Crippen LogP contribution >= 0.6 is 0 Å². The molecule has 1 aromatic carbocycles. The summed E-state index contributed by atoms with van der Waals surface area (Å²) >= 11 is 0. The summed E-state index contributed by atoms with van der Waals surface area (Å²) in [7, 11) is 0. The number of hydrogen-bond donors (Lipinski definition) is 0. The topological polar surface area (TPSA) is 18.5 Å². The van der Waals surface area contributed by atoms with Gasteiger partial charge in [-0.05, 0) is 38.5 Å². The van der Waals surface area contributed by atoms with Crippen LogP contribution in [-0.2, 0) is 0 Å². The molecule has 0 amide bonds. The Balaban J connectivity index is 2.71. The molecule has 106 valence electrons. The molecule has 0 saturated heterocycles. The maximum Gasteiger partial charge on any atom is 0.204 e. The largest absolute Gasteiger partial charge is 0.490 e. The molecule has 0 aliphatic heterocycles. The number of hydrogen-bond acceptors (Lipinski definition) is 2. The first-order valence-electron chi connectivity index (χ1n) is 6.43. The first-order chi connectivity index (χ1) is 9.06. The third-order valence-electron chi connectivity index (χ3n) is 2.50. The predicted octanol–water partition coefficient (Wildman–Crippen LogP) is 4.49. The second kappa shape index (κ2) is 7.77. The average molecular weight is 270 g/mol. The molecule has 0 atom stereocenters. The van der Waals surface area contributed by atoms with Gasteiger partial charge < -0.3 is 9.47 Å². The number of benzene rings is 1. The van der Waals surface area contributed by atoms with E-state index in [0.717, 1.165) is 18.4 Å². The Morgan fingerprint density at radius 3 is 2.21 bits per heavy atom. The van der Waals surface area contributed by atoms with Gasteiger partial charge in [0.15, 0.2) is 11.5 Å². The van der Waals surface area contributed by atoms with E-state index in [-0.39, 0.29) is 18.1 Å². The first-order valence-corrected chi connectivity index (χ1v) is 6.43. The van der Waals surface area contributed by atoms with Crippen molar-refractivity contribution in [1.82, 2.24) is 0 Å². The lowest BCUT2D eigenvalue weighted by Crippen LogP contribution is -2.03. The van der Waals surface area contributed by atoms with Crippen LogP contribution < -0.4 is 9.47 Å². The van der Waals surface area contributed by atoms with E-state index in [1.54, 1.807) is 6.08 Å². The van der Waals surface area contributed by atoms with Gasteiger partial charge in [-0.3, -0.25) is 0 Å². The molecule has 4 heteroatoms. The predicted molar refractivity (Wildman–Crippen MR) is 71.7 cm³/mol. The number of halogens is 2. The standard InChI is InChI=1S/C15H20F2O2/c1-4-5-9-18-12-6-7-13(15(17)14(12)16)19-10-8-11(2)3/h6-8H,4-5,9-10H2,1-3H3. The minimum absolute atomic E-state index is 0.0690. The Morgan fingerprint density at radius 1 is 1.11 bits per heavy atom. The maximum absolute atomic E-state index is 13.7. The molecule has 1 aromatic rings. The summed E-state index contributed by atoms with van der Waals surface area (Å²) < 4.78 is 37.7. The molecule has 1 rings (SSSR count). The van der Waals surface area contributed by atoms with Crippen LogP contribution in [0.5, 0.6) is 11.5 Å². The van der Waals surface area contributed by atoms with Crippen molar-refractivity contribution in [3.63, 3.8) is 0 Å². The van der Waals surface area contributed by atoms with E-state index in [1.165, 1.54) is 12.1 Å². The molecule has 0 aromatic heterocycles. The molecular formula is C15H20F2O2.